The summed E-state index contributed by atoms with van der Waals surface area (Å²) >= 11 is 0. The zero-order valence-corrected chi connectivity index (χ0v) is 14.2. The smallest absolute Gasteiger partial charge is 0.272 e. The molecule has 0 bridgehead atoms. The van der Waals surface area contributed by atoms with Crippen LogP contribution in [0.2, 0.25) is 0 Å². The van der Waals surface area contributed by atoms with Crippen molar-refractivity contribution in [2.24, 2.45) is 5.92 Å². The molecule has 2 aromatic heterocycles. The summed E-state index contributed by atoms with van der Waals surface area (Å²) in [4.78, 5) is 28.7. The van der Waals surface area contributed by atoms with Crippen LogP contribution in [-0.4, -0.2) is 41.6 Å². The molecule has 1 aliphatic rings. The van der Waals surface area contributed by atoms with Gasteiger partial charge in [0.1, 0.15) is 11.5 Å². The Balaban J connectivity index is 1.58. The summed E-state index contributed by atoms with van der Waals surface area (Å²) in [6, 6.07) is 3.58. The van der Waals surface area contributed by atoms with Gasteiger partial charge < -0.3 is 24.4 Å². The van der Waals surface area contributed by atoms with Crippen LogP contribution in [0.15, 0.2) is 29.1 Å². The van der Waals surface area contributed by atoms with E-state index in [9.17, 15) is 9.59 Å². The molecule has 8 nitrogen and oxygen atoms in total. The molecule has 2 N–H and O–H groups in total. The lowest BCUT2D eigenvalue weighted by molar-refractivity contribution is -0.126. The fraction of sp³-hybridized carbons (Fsp3) is 0.471. The van der Waals surface area contributed by atoms with E-state index in [1.165, 1.54) is 0 Å². The Hall–Kier alpha value is -2.61. The van der Waals surface area contributed by atoms with E-state index in [1.54, 1.807) is 31.8 Å². The number of nitrogens with zero attached hydrogens (tertiary/aromatic N) is 2. The number of methoxy groups -OCH3 is 1. The summed E-state index contributed by atoms with van der Waals surface area (Å²) in [7, 11) is 1.60. The second-order valence-electron chi connectivity index (χ2n) is 5.97. The summed E-state index contributed by atoms with van der Waals surface area (Å²) in [6.45, 7) is 1.85. The van der Waals surface area contributed by atoms with Gasteiger partial charge in [-0.25, -0.2) is 4.98 Å². The first-order chi connectivity index (χ1) is 12.2. The Labute approximate surface area is 145 Å². The molecule has 2 aromatic rings. The lowest BCUT2D eigenvalue weighted by atomic mass is 9.96. The molecule has 3 heterocycles. The first-order valence-electron chi connectivity index (χ1n) is 8.30. The van der Waals surface area contributed by atoms with Gasteiger partial charge >= 0.3 is 0 Å². The lowest BCUT2D eigenvalue weighted by Crippen LogP contribution is -2.37. The van der Waals surface area contributed by atoms with E-state index in [0.717, 1.165) is 5.69 Å². The van der Waals surface area contributed by atoms with Gasteiger partial charge in [-0.15, -0.1) is 0 Å². The molecular formula is C17H22N4O4. The van der Waals surface area contributed by atoms with Gasteiger partial charge in [-0.05, 0) is 25.0 Å². The highest BCUT2D eigenvalue weighted by Gasteiger charge is 2.28. The van der Waals surface area contributed by atoms with Crippen molar-refractivity contribution in [1.82, 2.24) is 20.2 Å². The summed E-state index contributed by atoms with van der Waals surface area (Å²) in [5, 5.41) is 5.67. The zero-order chi connectivity index (χ0) is 17.6. The van der Waals surface area contributed by atoms with Gasteiger partial charge in [-0.3, -0.25) is 9.59 Å². The van der Waals surface area contributed by atoms with Crippen LogP contribution in [0.5, 0.6) is 0 Å². The molecule has 0 fully saturated rings. The third-order valence-electron chi connectivity index (χ3n) is 4.29. The number of aromatic nitrogens is 2. The maximum absolute atomic E-state index is 12.3. The van der Waals surface area contributed by atoms with Crippen LogP contribution < -0.4 is 10.6 Å². The standard InChI is InChI=1S/C17H22N4O4/c1-24-8-6-18-16(22)12-4-5-14-15(20-11-21(14)10-12)17(23)19-9-13-3-2-7-25-13/h2-3,7,11-12H,4-6,8-10H2,1H3,(H,18,22)(H,19,23). The molecule has 0 saturated carbocycles. The Kier molecular flexibility index (Phi) is 5.49. The van der Waals surface area contributed by atoms with Crippen LogP contribution in [0.3, 0.4) is 0 Å². The van der Waals surface area contributed by atoms with Crippen molar-refractivity contribution < 1.29 is 18.7 Å². The van der Waals surface area contributed by atoms with Crippen molar-refractivity contribution in [2.45, 2.75) is 25.9 Å². The van der Waals surface area contributed by atoms with Crippen LogP contribution >= 0.6 is 0 Å². The average Bonchev–Trinajstić information content (AvgIpc) is 3.28. The van der Waals surface area contributed by atoms with Gasteiger partial charge in [0, 0.05) is 20.2 Å². The van der Waals surface area contributed by atoms with Crippen LogP contribution in [0.4, 0.5) is 0 Å². The molecule has 0 saturated heterocycles. The number of rotatable bonds is 7. The summed E-state index contributed by atoms with van der Waals surface area (Å²) in [5.74, 6) is 0.361. The van der Waals surface area contributed by atoms with Crippen LogP contribution in [0.25, 0.3) is 0 Å². The number of fused-ring (bicyclic) bond motifs is 1. The largest absolute Gasteiger partial charge is 0.467 e. The van der Waals surface area contributed by atoms with Crippen molar-refractivity contribution in [3.05, 3.63) is 41.9 Å². The summed E-state index contributed by atoms with van der Waals surface area (Å²) in [6.07, 6.45) is 4.54. The normalized spacial score (nSPS) is 16.3. The van der Waals surface area contributed by atoms with Crippen molar-refractivity contribution in [1.29, 1.82) is 0 Å². The highest BCUT2D eigenvalue weighted by Crippen LogP contribution is 2.22. The number of nitrogens with one attached hydrogen (secondary N) is 2. The predicted molar refractivity (Wildman–Crippen MR) is 88.8 cm³/mol. The molecule has 0 aromatic carbocycles. The number of amides is 2. The average molecular weight is 346 g/mol. The van der Waals surface area contributed by atoms with E-state index in [2.05, 4.69) is 15.6 Å². The van der Waals surface area contributed by atoms with Gasteiger partial charge in [0.15, 0.2) is 0 Å². The third kappa shape index (κ3) is 4.08. The minimum Gasteiger partial charge on any atom is -0.467 e. The first-order valence-corrected chi connectivity index (χ1v) is 8.30. The molecule has 0 radical (unpaired) electrons. The van der Waals surface area contributed by atoms with Gasteiger partial charge in [0.05, 0.1) is 37.4 Å². The second-order valence-corrected chi connectivity index (χ2v) is 5.97. The monoisotopic (exact) mass is 346 g/mol. The number of carbonyl (C=O) groups excluding carboxylic acids is 2. The van der Waals surface area contributed by atoms with Gasteiger partial charge in [0.2, 0.25) is 5.91 Å². The van der Waals surface area contributed by atoms with Gasteiger partial charge in [0.25, 0.3) is 5.91 Å². The van der Waals surface area contributed by atoms with E-state index in [1.807, 2.05) is 4.57 Å². The predicted octanol–water partition coefficient (Wildman–Crippen LogP) is 0.731. The Morgan fingerprint density at radius 2 is 2.32 bits per heavy atom. The SMILES string of the molecule is COCCNC(=O)C1CCc2c(C(=O)NCc3ccco3)ncn2C1. The molecular weight excluding hydrogens is 324 g/mol. The van der Waals surface area contributed by atoms with Crippen molar-refractivity contribution in [3.8, 4) is 0 Å². The van der Waals surface area contributed by atoms with Crippen molar-refractivity contribution >= 4 is 11.8 Å². The molecule has 0 spiro atoms. The maximum atomic E-state index is 12.3. The molecule has 1 atom stereocenters. The fourth-order valence-corrected chi connectivity index (χ4v) is 2.96. The number of ether oxygens (including phenoxy) is 1. The quantitative estimate of drug-likeness (QED) is 0.720. The highest BCUT2D eigenvalue weighted by molar-refractivity contribution is 5.93. The maximum Gasteiger partial charge on any atom is 0.272 e. The van der Waals surface area contributed by atoms with Crippen LogP contribution in [-0.2, 0) is 29.0 Å². The first kappa shape index (κ1) is 17.2. The number of hydrogen-bond acceptors (Lipinski definition) is 5. The molecule has 1 unspecified atom stereocenters. The third-order valence-corrected chi connectivity index (χ3v) is 4.29. The van der Waals surface area contributed by atoms with Crippen LogP contribution in [0.1, 0.15) is 28.4 Å². The van der Waals surface area contributed by atoms with E-state index >= 15 is 0 Å². The molecule has 8 heteroatoms. The molecule has 0 aliphatic carbocycles. The van der Waals surface area contributed by atoms with Crippen LogP contribution in [0, 0.1) is 5.92 Å². The minimum absolute atomic E-state index is 0.0141. The van der Waals surface area contributed by atoms with E-state index in [0.29, 0.717) is 50.5 Å². The Bertz CT molecular complexity index is 723. The lowest BCUT2D eigenvalue weighted by Gasteiger charge is -2.23. The number of hydrogen-bond donors (Lipinski definition) is 2. The van der Waals surface area contributed by atoms with Crippen molar-refractivity contribution in [2.75, 3.05) is 20.3 Å². The fourth-order valence-electron chi connectivity index (χ4n) is 2.96. The second kappa shape index (κ2) is 7.98. The molecule has 1 aliphatic heterocycles. The topological polar surface area (TPSA) is 98.4 Å². The summed E-state index contributed by atoms with van der Waals surface area (Å²) in [5.41, 5.74) is 1.29. The van der Waals surface area contributed by atoms with Crippen molar-refractivity contribution in [3.63, 3.8) is 0 Å². The highest BCUT2D eigenvalue weighted by atomic mass is 16.5. The van der Waals surface area contributed by atoms with E-state index < -0.39 is 0 Å². The molecule has 3 rings (SSSR count). The minimum atomic E-state index is -0.229. The van der Waals surface area contributed by atoms with E-state index in [-0.39, 0.29) is 17.7 Å². The summed E-state index contributed by atoms with van der Waals surface area (Å²) < 4.78 is 12.0. The van der Waals surface area contributed by atoms with Gasteiger partial charge in [-0.1, -0.05) is 0 Å². The molecule has 2 amide bonds. The molecule has 25 heavy (non-hydrogen) atoms. The number of carbonyl (C=O) groups is 2. The Morgan fingerprint density at radius 1 is 1.44 bits per heavy atom. The Morgan fingerprint density at radius 3 is 3.08 bits per heavy atom. The number of furan rings is 1. The number of imidazole rings is 1. The van der Waals surface area contributed by atoms with Gasteiger partial charge in [-0.2, -0.15) is 0 Å². The van der Waals surface area contributed by atoms with E-state index in [4.69, 9.17) is 9.15 Å². The zero-order valence-electron chi connectivity index (χ0n) is 14.2. The molecule has 134 valence electrons.